The molecule has 1 amide bonds. The highest BCUT2D eigenvalue weighted by molar-refractivity contribution is 8.00. The third-order valence-corrected chi connectivity index (χ3v) is 8.77. The van der Waals surface area contributed by atoms with Crippen LogP contribution < -0.4 is 0 Å². The summed E-state index contributed by atoms with van der Waals surface area (Å²) < 4.78 is 12.1. The maximum Gasteiger partial charge on any atom is 0.253 e. The van der Waals surface area contributed by atoms with Crippen LogP contribution >= 0.6 is 35.0 Å². The van der Waals surface area contributed by atoms with Crippen molar-refractivity contribution in [3.63, 3.8) is 0 Å². The minimum absolute atomic E-state index is 0.0129. The fraction of sp³-hybridized carbons (Fsp3) is 0.448. The summed E-state index contributed by atoms with van der Waals surface area (Å²) in [4.78, 5) is 16.4. The van der Waals surface area contributed by atoms with Crippen LogP contribution in [-0.2, 0) is 16.0 Å². The van der Waals surface area contributed by atoms with Crippen molar-refractivity contribution in [3.8, 4) is 0 Å². The Labute approximate surface area is 232 Å². The molecule has 3 aromatic rings. The molecule has 1 saturated heterocycles. The van der Waals surface area contributed by atoms with Gasteiger partial charge in [0.25, 0.3) is 5.91 Å². The van der Waals surface area contributed by atoms with E-state index in [1.54, 1.807) is 12.3 Å². The SMILES string of the molecule is CC(C)(C)SCC(C1CC1)N1C(=O)C(Cc2ccno2)OC(c2cccc(Cl)c2)C1c1ccc(Cl)cc1. The third-order valence-electron chi connectivity index (χ3n) is 6.90. The summed E-state index contributed by atoms with van der Waals surface area (Å²) in [6.07, 6.45) is 3.07. The molecule has 0 spiro atoms. The van der Waals surface area contributed by atoms with E-state index in [1.165, 1.54) is 0 Å². The van der Waals surface area contributed by atoms with Gasteiger partial charge in [-0.05, 0) is 54.2 Å². The van der Waals surface area contributed by atoms with Crippen LogP contribution in [0.2, 0.25) is 10.0 Å². The molecule has 4 atom stereocenters. The minimum atomic E-state index is -0.693. The lowest BCUT2D eigenvalue weighted by molar-refractivity contribution is -0.179. The zero-order valence-electron chi connectivity index (χ0n) is 21.3. The Hall–Kier alpha value is -1.99. The second kappa shape index (κ2) is 11.0. The van der Waals surface area contributed by atoms with Crippen molar-refractivity contribution in [2.24, 2.45) is 5.92 Å². The highest BCUT2D eigenvalue weighted by Gasteiger charge is 2.50. The first kappa shape index (κ1) is 26.6. The number of carbonyl (C=O) groups is 1. The van der Waals surface area contributed by atoms with E-state index in [-0.39, 0.29) is 22.7 Å². The van der Waals surface area contributed by atoms with Gasteiger partial charge in [-0.2, -0.15) is 11.8 Å². The summed E-state index contributed by atoms with van der Waals surface area (Å²) in [6, 6.07) is 17.1. The smallest absolute Gasteiger partial charge is 0.253 e. The predicted octanol–water partition coefficient (Wildman–Crippen LogP) is 7.54. The van der Waals surface area contributed by atoms with Crippen molar-refractivity contribution < 1.29 is 14.1 Å². The molecule has 2 fully saturated rings. The van der Waals surface area contributed by atoms with E-state index in [0.717, 1.165) is 29.7 Å². The van der Waals surface area contributed by atoms with Gasteiger partial charge in [-0.15, -0.1) is 0 Å². The monoisotopic (exact) mass is 558 g/mol. The van der Waals surface area contributed by atoms with Crippen LogP contribution in [0, 0.1) is 5.92 Å². The number of carbonyl (C=O) groups excluding carboxylic acids is 1. The zero-order chi connectivity index (χ0) is 26.2. The lowest BCUT2D eigenvalue weighted by Crippen LogP contribution is -2.56. The molecule has 8 heteroatoms. The molecule has 2 aromatic carbocycles. The van der Waals surface area contributed by atoms with Crippen molar-refractivity contribution in [1.82, 2.24) is 10.1 Å². The number of thioether (sulfide) groups is 1. The van der Waals surface area contributed by atoms with Gasteiger partial charge >= 0.3 is 0 Å². The number of aromatic nitrogens is 1. The molecule has 0 N–H and O–H groups in total. The van der Waals surface area contributed by atoms with E-state index in [0.29, 0.717) is 28.1 Å². The number of benzene rings is 2. The molecule has 37 heavy (non-hydrogen) atoms. The van der Waals surface area contributed by atoms with Gasteiger partial charge in [0.15, 0.2) is 0 Å². The Morgan fingerprint density at radius 3 is 2.43 bits per heavy atom. The highest BCUT2D eigenvalue weighted by Crippen LogP contribution is 2.49. The standard InChI is InChI=1S/C29H32Cl2N2O3S/c1-29(2,3)37-17-24(18-7-8-18)33-26(19-9-11-21(30)12-10-19)27(20-5-4-6-22(31)15-20)35-25(28(33)34)16-23-13-14-32-36-23/h4-6,9-15,18,24-27H,7-8,16-17H2,1-3H3. The van der Waals surface area contributed by atoms with Gasteiger partial charge in [0.2, 0.25) is 0 Å². The van der Waals surface area contributed by atoms with Gasteiger partial charge in [-0.3, -0.25) is 4.79 Å². The molecule has 2 heterocycles. The molecule has 1 saturated carbocycles. The number of hydrogen-bond acceptors (Lipinski definition) is 5. The summed E-state index contributed by atoms with van der Waals surface area (Å²) in [7, 11) is 0. The quantitative estimate of drug-likeness (QED) is 0.285. The van der Waals surface area contributed by atoms with E-state index in [2.05, 4.69) is 30.8 Å². The molecule has 196 valence electrons. The minimum Gasteiger partial charge on any atom is -0.361 e. The third kappa shape index (κ3) is 6.36. The van der Waals surface area contributed by atoms with Crippen LogP contribution in [0.5, 0.6) is 0 Å². The summed E-state index contributed by atoms with van der Waals surface area (Å²) in [6.45, 7) is 6.67. The predicted molar refractivity (Wildman–Crippen MR) is 149 cm³/mol. The summed E-state index contributed by atoms with van der Waals surface area (Å²) in [5, 5.41) is 5.12. The molecule has 1 aliphatic carbocycles. The largest absolute Gasteiger partial charge is 0.361 e. The maximum absolute atomic E-state index is 14.3. The maximum atomic E-state index is 14.3. The van der Waals surface area contributed by atoms with Crippen molar-refractivity contribution in [1.29, 1.82) is 0 Å². The summed E-state index contributed by atoms with van der Waals surface area (Å²) in [5.74, 6) is 1.94. The topological polar surface area (TPSA) is 55.6 Å². The van der Waals surface area contributed by atoms with Crippen molar-refractivity contribution in [3.05, 3.63) is 87.7 Å². The van der Waals surface area contributed by atoms with E-state index < -0.39 is 12.2 Å². The molecular weight excluding hydrogens is 527 g/mol. The second-order valence-electron chi connectivity index (χ2n) is 10.9. The normalized spacial score (nSPS) is 23.3. The lowest BCUT2D eigenvalue weighted by Gasteiger charge is -2.48. The molecule has 5 nitrogen and oxygen atoms in total. The Morgan fingerprint density at radius 1 is 1.05 bits per heavy atom. The molecule has 0 radical (unpaired) electrons. The van der Waals surface area contributed by atoms with Gasteiger partial charge in [0.05, 0.1) is 12.2 Å². The molecule has 2 aliphatic rings. The number of amides is 1. The summed E-state index contributed by atoms with van der Waals surface area (Å²) >= 11 is 14.6. The van der Waals surface area contributed by atoms with Crippen LogP contribution in [0.1, 0.15) is 62.6 Å². The number of hydrogen-bond donors (Lipinski definition) is 0. The molecule has 0 bridgehead atoms. The number of nitrogens with zero attached hydrogens (tertiary/aromatic N) is 2. The highest BCUT2D eigenvalue weighted by atomic mass is 35.5. The van der Waals surface area contributed by atoms with Crippen LogP contribution in [-0.4, -0.2) is 38.6 Å². The number of morpholine rings is 1. The van der Waals surface area contributed by atoms with Gasteiger partial charge in [0, 0.05) is 39.1 Å². The molecule has 1 aromatic heterocycles. The van der Waals surface area contributed by atoms with E-state index in [4.69, 9.17) is 32.5 Å². The van der Waals surface area contributed by atoms with Crippen LogP contribution in [0.4, 0.5) is 0 Å². The fourth-order valence-electron chi connectivity index (χ4n) is 4.99. The van der Waals surface area contributed by atoms with Crippen molar-refractivity contribution in [2.75, 3.05) is 5.75 Å². The molecule has 5 rings (SSSR count). The number of ether oxygens (including phenoxy) is 1. The van der Waals surface area contributed by atoms with Gasteiger partial charge in [0.1, 0.15) is 18.0 Å². The van der Waals surface area contributed by atoms with Crippen LogP contribution in [0.3, 0.4) is 0 Å². The number of rotatable bonds is 8. The Balaban J connectivity index is 1.61. The Kier molecular flexibility index (Phi) is 7.92. The van der Waals surface area contributed by atoms with Crippen LogP contribution in [0.15, 0.2) is 65.3 Å². The van der Waals surface area contributed by atoms with E-state index in [1.807, 2.05) is 60.3 Å². The first-order valence-electron chi connectivity index (χ1n) is 12.7. The Morgan fingerprint density at radius 2 is 1.81 bits per heavy atom. The average molecular weight is 560 g/mol. The van der Waals surface area contributed by atoms with E-state index >= 15 is 0 Å². The molecule has 1 aliphatic heterocycles. The van der Waals surface area contributed by atoms with E-state index in [9.17, 15) is 4.79 Å². The summed E-state index contributed by atoms with van der Waals surface area (Å²) in [5.41, 5.74) is 1.93. The fourth-order valence-corrected chi connectivity index (χ4v) is 6.42. The molecular formula is C29H32Cl2N2O3S. The first-order chi connectivity index (χ1) is 17.7. The lowest BCUT2D eigenvalue weighted by atomic mass is 9.89. The Bertz CT molecular complexity index is 1210. The first-order valence-corrected chi connectivity index (χ1v) is 14.5. The molecule has 4 unspecified atom stereocenters. The van der Waals surface area contributed by atoms with Gasteiger partial charge < -0.3 is 14.2 Å². The number of halogens is 2. The average Bonchev–Trinajstić information content (AvgIpc) is 3.56. The van der Waals surface area contributed by atoms with Gasteiger partial charge in [-0.25, -0.2) is 0 Å². The van der Waals surface area contributed by atoms with Gasteiger partial charge in [-0.1, -0.05) is 73.4 Å². The van der Waals surface area contributed by atoms with Crippen LogP contribution in [0.25, 0.3) is 0 Å². The zero-order valence-corrected chi connectivity index (χ0v) is 23.6. The van der Waals surface area contributed by atoms with Crippen molar-refractivity contribution >= 4 is 40.9 Å². The van der Waals surface area contributed by atoms with Crippen molar-refractivity contribution in [2.45, 2.75) is 69.1 Å². The second-order valence-corrected chi connectivity index (χ2v) is 13.6.